The quantitative estimate of drug-likeness (QED) is 0.885. The molecule has 0 unspecified atom stereocenters. The van der Waals surface area contributed by atoms with Gasteiger partial charge in [0.2, 0.25) is 5.91 Å². The van der Waals surface area contributed by atoms with Crippen LogP contribution in [0.4, 0.5) is 0 Å². The summed E-state index contributed by atoms with van der Waals surface area (Å²) in [6, 6.07) is 15.5. The monoisotopic (exact) mass is 326 g/mol. The molecule has 0 radical (unpaired) electrons. The van der Waals surface area contributed by atoms with E-state index < -0.39 is 6.04 Å². The van der Waals surface area contributed by atoms with Crippen LogP contribution in [0.2, 0.25) is 0 Å². The number of benzene rings is 2. The Morgan fingerprint density at radius 3 is 2.38 bits per heavy atom. The van der Waals surface area contributed by atoms with E-state index >= 15 is 0 Å². The second kappa shape index (κ2) is 7.49. The van der Waals surface area contributed by atoms with Crippen LogP contribution in [0.25, 0.3) is 11.1 Å². The molecule has 0 saturated heterocycles. The molecule has 4 nitrogen and oxygen atoms in total. The normalized spacial score (nSPS) is 12.5. The van der Waals surface area contributed by atoms with E-state index in [1.54, 1.807) is 7.11 Å². The van der Waals surface area contributed by atoms with Gasteiger partial charge in [0.15, 0.2) is 0 Å². The molecule has 4 heteroatoms. The van der Waals surface area contributed by atoms with Crippen molar-refractivity contribution in [1.82, 2.24) is 5.32 Å². The second-order valence-electron chi connectivity index (χ2n) is 6.99. The Morgan fingerprint density at radius 2 is 1.79 bits per heavy atom. The number of carbonyl (C=O) groups is 1. The minimum absolute atomic E-state index is 0.126. The van der Waals surface area contributed by atoms with Crippen molar-refractivity contribution in [3.8, 4) is 16.9 Å². The molecule has 1 atom stereocenters. The molecule has 0 heterocycles. The van der Waals surface area contributed by atoms with Gasteiger partial charge in [0.1, 0.15) is 5.75 Å². The van der Waals surface area contributed by atoms with Crippen LogP contribution in [0.15, 0.2) is 48.5 Å². The second-order valence-corrected chi connectivity index (χ2v) is 6.99. The van der Waals surface area contributed by atoms with Crippen LogP contribution >= 0.6 is 0 Å². The third kappa shape index (κ3) is 4.59. The van der Waals surface area contributed by atoms with Gasteiger partial charge in [-0.15, -0.1) is 0 Å². The summed E-state index contributed by atoms with van der Waals surface area (Å²) in [4.78, 5) is 12.1. The van der Waals surface area contributed by atoms with Gasteiger partial charge in [0.05, 0.1) is 13.2 Å². The highest BCUT2D eigenvalue weighted by atomic mass is 16.5. The van der Waals surface area contributed by atoms with Gasteiger partial charge in [0.25, 0.3) is 0 Å². The number of nitrogens with two attached hydrogens (primary N) is 1. The lowest BCUT2D eigenvalue weighted by Crippen LogP contribution is -2.48. The molecule has 0 aromatic heterocycles. The Bertz CT molecular complexity index is 688. The smallest absolute Gasteiger partial charge is 0.237 e. The minimum atomic E-state index is -0.520. The number of ether oxygens (including phenoxy) is 1. The molecule has 0 aliphatic heterocycles. The highest BCUT2D eigenvalue weighted by Gasteiger charge is 2.26. The molecule has 2 rings (SSSR count). The predicted octanol–water partition coefficient (Wildman–Crippen LogP) is 3.35. The Balaban J connectivity index is 2.01. The van der Waals surface area contributed by atoms with E-state index in [4.69, 9.17) is 10.5 Å². The van der Waals surface area contributed by atoms with Crippen molar-refractivity contribution in [3.05, 3.63) is 54.1 Å². The molecule has 0 aliphatic carbocycles. The number of amides is 1. The Labute approximate surface area is 144 Å². The van der Waals surface area contributed by atoms with Crippen LogP contribution in [-0.2, 0) is 11.3 Å². The summed E-state index contributed by atoms with van der Waals surface area (Å²) in [6.07, 6.45) is 0. The lowest BCUT2D eigenvalue weighted by Gasteiger charge is -2.25. The summed E-state index contributed by atoms with van der Waals surface area (Å²) in [5, 5.41) is 2.90. The first kappa shape index (κ1) is 18.0. The predicted molar refractivity (Wildman–Crippen MR) is 97.7 cm³/mol. The zero-order valence-electron chi connectivity index (χ0n) is 14.8. The summed E-state index contributed by atoms with van der Waals surface area (Å²) in [5.74, 6) is 0.708. The zero-order valence-corrected chi connectivity index (χ0v) is 14.8. The molecule has 0 bridgehead atoms. The van der Waals surface area contributed by atoms with E-state index in [2.05, 4.69) is 5.32 Å². The van der Waals surface area contributed by atoms with Crippen molar-refractivity contribution in [2.45, 2.75) is 33.4 Å². The first-order valence-electron chi connectivity index (χ1n) is 8.08. The van der Waals surface area contributed by atoms with E-state index in [9.17, 15) is 4.79 Å². The van der Waals surface area contributed by atoms with E-state index in [0.717, 1.165) is 22.4 Å². The molecule has 128 valence electrons. The van der Waals surface area contributed by atoms with E-state index in [-0.39, 0.29) is 11.3 Å². The molecule has 0 fully saturated rings. The topological polar surface area (TPSA) is 64.3 Å². The number of hydrogen-bond donors (Lipinski definition) is 2. The number of nitrogens with one attached hydrogen (secondary N) is 1. The Morgan fingerprint density at radius 1 is 1.12 bits per heavy atom. The molecule has 2 aromatic carbocycles. The van der Waals surface area contributed by atoms with E-state index in [1.165, 1.54) is 0 Å². The van der Waals surface area contributed by atoms with Crippen molar-refractivity contribution in [3.63, 3.8) is 0 Å². The van der Waals surface area contributed by atoms with Gasteiger partial charge in [-0.05, 0) is 34.2 Å². The molecule has 3 N–H and O–H groups in total. The fraction of sp³-hybridized carbons (Fsp3) is 0.350. The average molecular weight is 326 g/mol. The van der Waals surface area contributed by atoms with Gasteiger partial charge < -0.3 is 15.8 Å². The zero-order chi connectivity index (χ0) is 17.7. The summed E-state index contributed by atoms with van der Waals surface area (Å²) in [7, 11) is 1.66. The summed E-state index contributed by atoms with van der Waals surface area (Å²) >= 11 is 0. The SMILES string of the molecule is COc1cccc(-c2ccc(CNC(=O)[C@@H](N)C(C)(C)C)cc2)c1. The van der Waals surface area contributed by atoms with Gasteiger partial charge in [-0.3, -0.25) is 4.79 Å². The van der Waals surface area contributed by atoms with Crippen molar-refractivity contribution < 1.29 is 9.53 Å². The first-order chi connectivity index (χ1) is 11.3. The van der Waals surface area contributed by atoms with Gasteiger partial charge in [0, 0.05) is 6.54 Å². The van der Waals surface area contributed by atoms with Gasteiger partial charge >= 0.3 is 0 Å². The van der Waals surface area contributed by atoms with Gasteiger partial charge in [-0.25, -0.2) is 0 Å². The fourth-order valence-corrected chi connectivity index (χ4v) is 2.31. The third-order valence-electron chi connectivity index (χ3n) is 4.04. The highest BCUT2D eigenvalue weighted by molar-refractivity contribution is 5.82. The average Bonchev–Trinajstić information content (AvgIpc) is 2.58. The molecule has 0 aliphatic rings. The molecule has 0 spiro atoms. The van der Waals surface area contributed by atoms with Crippen LogP contribution in [0, 0.1) is 5.41 Å². The van der Waals surface area contributed by atoms with Crippen LogP contribution in [0.5, 0.6) is 5.75 Å². The fourth-order valence-electron chi connectivity index (χ4n) is 2.31. The van der Waals surface area contributed by atoms with Crippen LogP contribution in [0.3, 0.4) is 0 Å². The lowest BCUT2D eigenvalue weighted by molar-refractivity contribution is -0.124. The molecular weight excluding hydrogens is 300 g/mol. The molecule has 2 aromatic rings. The largest absolute Gasteiger partial charge is 0.497 e. The highest BCUT2D eigenvalue weighted by Crippen LogP contribution is 2.24. The molecule has 24 heavy (non-hydrogen) atoms. The van der Waals surface area contributed by atoms with Crippen LogP contribution in [-0.4, -0.2) is 19.1 Å². The molecular formula is C20H26N2O2. The molecule has 0 saturated carbocycles. The number of rotatable bonds is 5. The van der Waals surface area contributed by atoms with Gasteiger partial charge in [-0.1, -0.05) is 57.2 Å². The van der Waals surface area contributed by atoms with E-state index in [0.29, 0.717) is 6.54 Å². The van der Waals surface area contributed by atoms with E-state index in [1.807, 2.05) is 69.3 Å². The minimum Gasteiger partial charge on any atom is -0.497 e. The first-order valence-corrected chi connectivity index (χ1v) is 8.08. The van der Waals surface area contributed by atoms with Crippen molar-refractivity contribution >= 4 is 5.91 Å². The lowest BCUT2D eigenvalue weighted by atomic mass is 9.87. The van der Waals surface area contributed by atoms with Gasteiger partial charge in [-0.2, -0.15) is 0 Å². The summed E-state index contributed by atoms with van der Waals surface area (Å²) < 4.78 is 5.26. The van der Waals surface area contributed by atoms with Crippen LogP contribution < -0.4 is 15.8 Å². The molecule has 1 amide bonds. The van der Waals surface area contributed by atoms with Crippen molar-refractivity contribution in [1.29, 1.82) is 0 Å². The van der Waals surface area contributed by atoms with Crippen molar-refractivity contribution in [2.75, 3.05) is 7.11 Å². The summed E-state index contributed by atoms with van der Waals surface area (Å²) in [5.41, 5.74) is 8.95. The van der Waals surface area contributed by atoms with Crippen LogP contribution in [0.1, 0.15) is 26.3 Å². The number of methoxy groups -OCH3 is 1. The maximum atomic E-state index is 12.1. The number of carbonyl (C=O) groups excluding carboxylic acids is 1. The third-order valence-corrected chi connectivity index (χ3v) is 4.04. The Hall–Kier alpha value is -2.33. The number of hydrogen-bond acceptors (Lipinski definition) is 3. The summed E-state index contributed by atoms with van der Waals surface area (Å²) in [6.45, 7) is 6.35. The maximum Gasteiger partial charge on any atom is 0.237 e. The maximum absolute atomic E-state index is 12.1. The Kier molecular flexibility index (Phi) is 5.62. The standard InChI is InChI=1S/C20H26N2O2/c1-20(2,3)18(21)19(23)22-13-14-8-10-15(11-9-14)16-6-5-7-17(12-16)24-4/h5-12,18H,13,21H2,1-4H3,(H,22,23)/t18-/m1/s1. The van der Waals surface area contributed by atoms with Crippen molar-refractivity contribution in [2.24, 2.45) is 11.1 Å².